The van der Waals surface area contributed by atoms with Crippen LogP contribution in [0.25, 0.3) is 10.8 Å². The van der Waals surface area contributed by atoms with Gasteiger partial charge in [-0.15, -0.1) is 0 Å². The molecule has 0 amide bonds. The number of rotatable bonds is 2. The Morgan fingerprint density at radius 2 is 1.93 bits per heavy atom. The third-order valence-corrected chi connectivity index (χ3v) is 2.30. The van der Waals surface area contributed by atoms with Crippen molar-refractivity contribution in [2.45, 2.75) is 0 Å². The third-order valence-electron chi connectivity index (χ3n) is 2.30. The fraction of sp³-hybridized carbons (Fsp3) is 0. The van der Waals surface area contributed by atoms with Gasteiger partial charge in [0.25, 0.3) is 0 Å². The summed E-state index contributed by atoms with van der Waals surface area (Å²) in [7, 11) is 0. The van der Waals surface area contributed by atoms with Gasteiger partial charge < -0.3 is 10.5 Å². The molecular formula is C11H10N2O2. The Morgan fingerprint density at radius 3 is 2.60 bits per heavy atom. The SMILES string of the molecule is NNc1c(C(=O)O)ccc2ccccc12. The Bertz CT molecular complexity index is 523. The second kappa shape index (κ2) is 3.59. The Balaban J connectivity index is 2.81. The van der Waals surface area contributed by atoms with E-state index < -0.39 is 5.97 Å². The van der Waals surface area contributed by atoms with Crippen molar-refractivity contribution in [3.05, 3.63) is 42.0 Å². The molecular weight excluding hydrogens is 192 g/mol. The lowest BCUT2D eigenvalue weighted by Crippen LogP contribution is -2.12. The van der Waals surface area contributed by atoms with Crippen LogP contribution in [0.3, 0.4) is 0 Å². The van der Waals surface area contributed by atoms with Gasteiger partial charge in [0.1, 0.15) is 0 Å². The highest BCUT2D eigenvalue weighted by Crippen LogP contribution is 2.26. The minimum Gasteiger partial charge on any atom is -0.478 e. The monoisotopic (exact) mass is 202 g/mol. The Kier molecular flexibility index (Phi) is 2.27. The molecule has 0 bridgehead atoms. The van der Waals surface area contributed by atoms with Gasteiger partial charge in [-0.1, -0.05) is 30.3 Å². The predicted octanol–water partition coefficient (Wildman–Crippen LogP) is 1.82. The summed E-state index contributed by atoms with van der Waals surface area (Å²) in [4.78, 5) is 10.9. The summed E-state index contributed by atoms with van der Waals surface area (Å²) in [5.41, 5.74) is 3.06. The van der Waals surface area contributed by atoms with E-state index in [1.54, 1.807) is 12.1 Å². The van der Waals surface area contributed by atoms with Crippen molar-refractivity contribution in [1.29, 1.82) is 0 Å². The number of carboxylic acids is 1. The number of hydrogen-bond acceptors (Lipinski definition) is 3. The number of nitrogen functional groups attached to an aromatic ring is 1. The lowest BCUT2D eigenvalue weighted by molar-refractivity contribution is 0.0698. The van der Waals surface area contributed by atoms with Gasteiger partial charge in [-0.25, -0.2) is 4.79 Å². The number of aromatic carboxylic acids is 1. The maximum Gasteiger partial charge on any atom is 0.337 e. The second-order valence-electron chi connectivity index (χ2n) is 3.16. The van der Waals surface area contributed by atoms with E-state index in [9.17, 15) is 4.79 Å². The normalized spacial score (nSPS) is 10.2. The fourth-order valence-corrected chi connectivity index (χ4v) is 1.61. The smallest absolute Gasteiger partial charge is 0.337 e. The Labute approximate surface area is 86.3 Å². The first-order chi connectivity index (χ1) is 7.24. The van der Waals surface area contributed by atoms with Crippen LogP contribution in [0.4, 0.5) is 5.69 Å². The molecule has 0 saturated heterocycles. The van der Waals surface area contributed by atoms with Gasteiger partial charge in [0.2, 0.25) is 0 Å². The fourth-order valence-electron chi connectivity index (χ4n) is 1.61. The van der Waals surface area contributed by atoms with Crippen molar-refractivity contribution in [2.75, 3.05) is 5.43 Å². The zero-order chi connectivity index (χ0) is 10.8. The van der Waals surface area contributed by atoms with Crippen molar-refractivity contribution >= 4 is 22.4 Å². The zero-order valence-electron chi connectivity index (χ0n) is 7.90. The van der Waals surface area contributed by atoms with Gasteiger partial charge in [-0.3, -0.25) is 5.84 Å². The van der Waals surface area contributed by atoms with E-state index in [1.807, 2.05) is 24.3 Å². The van der Waals surface area contributed by atoms with Crippen LogP contribution >= 0.6 is 0 Å². The molecule has 0 aliphatic rings. The highest BCUT2D eigenvalue weighted by molar-refractivity contribution is 6.05. The molecule has 15 heavy (non-hydrogen) atoms. The quantitative estimate of drug-likeness (QED) is 0.513. The molecule has 0 unspecified atom stereocenters. The molecule has 0 aromatic heterocycles. The maximum absolute atomic E-state index is 10.9. The average Bonchev–Trinajstić information content (AvgIpc) is 2.27. The largest absolute Gasteiger partial charge is 0.478 e. The van der Waals surface area contributed by atoms with Crippen molar-refractivity contribution in [2.24, 2.45) is 5.84 Å². The number of nitrogens with one attached hydrogen (secondary N) is 1. The molecule has 4 nitrogen and oxygen atoms in total. The number of hydrogen-bond donors (Lipinski definition) is 3. The first-order valence-corrected chi connectivity index (χ1v) is 4.45. The van der Waals surface area contributed by atoms with Crippen molar-refractivity contribution < 1.29 is 9.90 Å². The standard InChI is InChI=1S/C11H10N2O2/c12-13-10-8-4-2-1-3-7(8)5-6-9(10)11(14)15/h1-6,13H,12H2,(H,14,15). The summed E-state index contributed by atoms with van der Waals surface area (Å²) in [5, 5.41) is 10.7. The minimum atomic E-state index is -0.992. The van der Waals surface area contributed by atoms with Crippen LogP contribution in [-0.2, 0) is 0 Å². The molecule has 2 rings (SSSR count). The highest BCUT2D eigenvalue weighted by Gasteiger charge is 2.11. The van der Waals surface area contributed by atoms with Crippen LogP contribution in [0.15, 0.2) is 36.4 Å². The molecule has 0 saturated carbocycles. The van der Waals surface area contributed by atoms with Gasteiger partial charge in [0.05, 0.1) is 11.3 Å². The van der Waals surface area contributed by atoms with Crippen LogP contribution in [-0.4, -0.2) is 11.1 Å². The highest BCUT2D eigenvalue weighted by atomic mass is 16.4. The summed E-state index contributed by atoms with van der Waals surface area (Å²) < 4.78 is 0. The number of anilines is 1. The van der Waals surface area contributed by atoms with Crippen molar-refractivity contribution in [3.8, 4) is 0 Å². The Morgan fingerprint density at radius 1 is 1.20 bits per heavy atom. The lowest BCUT2D eigenvalue weighted by Gasteiger charge is -2.08. The molecule has 0 heterocycles. The number of hydrazine groups is 1. The number of nitrogens with two attached hydrogens (primary N) is 1. The summed E-state index contributed by atoms with van der Waals surface area (Å²) in [6, 6.07) is 10.8. The molecule has 2 aromatic rings. The minimum absolute atomic E-state index is 0.177. The molecule has 0 atom stereocenters. The van der Waals surface area contributed by atoms with Gasteiger partial charge in [0.15, 0.2) is 0 Å². The average molecular weight is 202 g/mol. The summed E-state index contributed by atoms with van der Waals surface area (Å²) in [5.74, 6) is 4.35. The molecule has 2 aromatic carbocycles. The van der Waals surface area contributed by atoms with Crippen LogP contribution in [0.1, 0.15) is 10.4 Å². The van der Waals surface area contributed by atoms with E-state index >= 15 is 0 Å². The third kappa shape index (κ3) is 1.51. The molecule has 0 aliphatic heterocycles. The predicted molar refractivity (Wildman–Crippen MR) is 58.7 cm³/mol. The molecule has 0 radical (unpaired) electrons. The molecule has 76 valence electrons. The van der Waals surface area contributed by atoms with Gasteiger partial charge >= 0.3 is 5.97 Å². The van der Waals surface area contributed by atoms with Crippen LogP contribution in [0.5, 0.6) is 0 Å². The molecule has 4 heteroatoms. The van der Waals surface area contributed by atoms with E-state index in [4.69, 9.17) is 10.9 Å². The van der Waals surface area contributed by atoms with Crippen LogP contribution in [0, 0.1) is 0 Å². The first kappa shape index (κ1) is 9.48. The van der Waals surface area contributed by atoms with Crippen molar-refractivity contribution in [1.82, 2.24) is 0 Å². The summed E-state index contributed by atoms with van der Waals surface area (Å²) >= 11 is 0. The molecule has 0 aliphatic carbocycles. The maximum atomic E-state index is 10.9. The number of fused-ring (bicyclic) bond motifs is 1. The zero-order valence-corrected chi connectivity index (χ0v) is 7.90. The second-order valence-corrected chi connectivity index (χ2v) is 3.16. The number of carboxylic acid groups (broad SMARTS) is 1. The molecule has 4 N–H and O–H groups in total. The number of benzene rings is 2. The number of carbonyl (C=O) groups is 1. The van der Waals surface area contributed by atoms with Gasteiger partial charge in [0, 0.05) is 5.39 Å². The van der Waals surface area contributed by atoms with Gasteiger partial charge in [-0.2, -0.15) is 0 Å². The van der Waals surface area contributed by atoms with Crippen LogP contribution < -0.4 is 11.3 Å². The van der Waals surface area contributed by atoms with E-state index in [0.717, 1.165) is 10.8 Å². The lowest BCUT2D eigenvalue weighted by atomic mass is 10.0. The van der Waals surface area contributed by atoms with E-state index in [2.05, 4.69) is 5.43 Å². The topological polar surface area (TPSA) is 75.3 Å². The van der Waals surface area contributed by atoms with Gasteiger partial charge in [-0.05, 0) is 11.5 Å². The molecule has 0 fully saturated rings. The van der Waals surface area contributed by atoms with Crippen molar-refractivity contribution in [3.63, 3.8) is 0 Å². The van der Waals surface area contributed by atoms with E-state index in [-0.39, 0.29) is 5.56 Å². The first-order valence-electron chi connectivity index (χ1n) is 4.45. The Hall–Kier alpha value is -2.07. The van der Waals surface area contributed by atoms with Crippen LogP contribution in [0.2, 0.25) is 0 Å². The summed E-state index contributed by atoms with van der Waals surface area (Å²) in [6.07, 6.45) is 0. The van der Waals surface area contributed by atoms with E-state index in [1.165, 1.54) is 0 Å². The summed E-state index contributed by atoms with van der Waals surface area (Å²) in [6.45, 7) is 0. The van der Waals surface area contributed by atoms with E-state index in [0.29, 0.717) is 5.69 Å². The molecule has 0 spiro atoms.